The zero-order chi connectivity index (χ0) is 19.1. The number of nitrogens with zero attached hydrogens (tertiary/aromatic N) is 1. The van der Waals surface area contributed by atoms with Crippen LogP contribution in [0.25, 0.3) is 0 Å². The molecule has 6 nitrogen and oxygen atoms in total. The van der Waals surface area contributed by atoms with Crippen molar-refractivity contribution in [1.82, 2.24) is 15.5 Å². The third-order valence-electron chi connectivity index (χ3n) is 8.09. The monoisotopic (exact) mass is 389 g/mol. The summed E-state index contributed by atoms with van der Waals surface area (Å²) in [5, 5.41) is 6.30. The van der Waals surface area contributed by atoms with Crippen LogP contribution in [-0.2, 0) is 9.53 Å². The first kappa shape index (κ1) is 18.7. The van der Waals surface area contributed by atoms with Crippen LogP contribution < -0.4 is 10.6 Å². The van der Waals surface area contributed by atoms with Crippen LogP contribution in [-0.4, -0.2) is 54.2 Å². The SMILES string of the molecule is O=C(NCCC(=O)N1CCOC2CCCCC21)NC12CC3CC(CC(C3)C1)C2. The van der Waals surface area contributed by atoms with Crippen LogP contribution in [0.2, 0.25) is 0 Å². The van der Waals surface area contributed by atoms with Crippen LogP contribution in [0, 0.1) is 17.8 Å². The summed E-state index contributed by atoms with van der Waals surface area (Å²) in [7, 11) is 0. The number of morpholine rings is 1. The second-order valence-corrected chi connectivity index (χ2v) is 10.2. The number of fused-ring (bicyclic) bond motifs is 1. The maximum Gasteiger partial charge on any atom is 0.315 e. The first-order valence-electron chi connectivity index (χ1n) is 11.6. The number of hydrogen-bond donors (Lipinski definition) is 2. The van der Waals surface area contributed by atoms with Crippen LogP contribution in [0.3, 0.4) is 0 Å². The summed E-state index contributed by atoms with van der Waals surface area (Å²) < 4.78 is 5.87. The van der Waals surface area contributed by atoms with Crippen molar-refractivity contribution in [2.45, 2.75) is 88.3 Å². The molecule has 6 aliphatic rings. The summed E-state index contributed by atoms with van der Waals surface area (Å²) in [6, 6.07) is 0.170. The van der Waals surface area contributed by atoms with Gasteiger partial charge >= 0.3 is 6.03 Å². The van der Waals surface area contributed by atoms with E-state index in [0.717, 1.165) is 49.9 Å². The molecule has 3 amide bonds. The third-order valence-corrected chi connectivity index (χ3v) is 8.09. The second kappa shape index (κ2) is 7.51. The number of amides is 3. The Morgan fingerprint density at radius 3 is 2.39 bits per heavy atom. The van der Waals surface area contributed by atoms with Gasteiger partial charge in [-0.15, -0.1) is 0 Å². The van der Waals surface area contributed by atoms with Crippen LogP contribution in [0.15, 0.2) is 0 Å². The predicted octanol–water partition coefficient (Wildman–Crippen LogP) is 2.81. The lowest BCUT2D eigenvalue weighted by atomic mass is 9.53. The van der Waals surface area contributed by atoms with Crippen LogP contribution in [0.4, 0.5) is 4.79 Å². The molecule has 4 bridgehead atoms. The normalized spacial score (nSPS) is 41.4. The molecule has 2 N–H and O–H groups in total. The molecule has 0 aromatic carbocycles. The van der Waals surface area contributed by atoms with E-state index in [0.29, 0.717) is 26.1 Å². The predicted molar refractivity (Wildman–Crippen MR) is 106 cm³/mol. The van der Waals surface area contributed by atoms with E-state index in [1.165, 1.54) is 32.1 Å². The molecule has 5 aliphatic carbocycles. The van der Waals surface area contributed by atoms with E-state index in [4.69, 9.17) is 4.74 Å². The molecular weight excluding hydrogens is 354 g/mol. The fraction of sp³-hybridized carbons (Fsp3) is 0.909. The zero-order valence-corrected chi connectivity index (χ0v) is 17.0. The highest BCUT2D eigenvalue weighted by Gasteiger charge is 2.51. The minimum absolute atomic E-state index is 0.0301. The minimum Gasteiger partial charge on any atom is -0.374 e. The van der Waals surface area contributed by atoms with Crippen molar-refractivity contribution in [2.75, 3.05) is 19.7 Å². The molecule has 0 radical (unpaired) electrons. The molecular formula is C22H35N3O3. The van der Waals surface area contributed by atoms with E-state index in [1.54, 1.807) is 0 Å². The molecule has 0 aromatic heterocycles. The molecule has 2 atom stereocenters. The maximum atomic E-state index is 12.7. The highest BCUT2D eigenvalue weighted by Crippen LogP contribution is 2.55. The van der Waals surface area contributed by atoms with Crippen molar-refractivity contribution in [2.24, 2.45) is 17.8 Å². The molecule has 28 heavy (non-hydrogen) atoms. The van der Waals surface area contributed by atoms with Gasteiger partial charge in [0, 0.05) is 25.0 Å². The average molecular weight is 390 g/mol. The lowest BCUT2D eigenvalue weighted by Gasteiger charge is -2.56. The molecule has 6 rings (SSSR count). The Morgan fingerprint density at radius 1 is 1.00 bits per heavy atom. The molecule has 0 aromatic rings. The zero-order valence-electron chi connectivity index (χ0n) is 17.0. The van der Waals surface area contributed by atoms with Gasteiger partial charge in [0.15, 0.2) is 0 Å². The number of carbonyl (C=O) groups is 2. The summed E-state index contributed by atoms with van der Waals surface area (Å²) in [4.78, 5) is 27.3. The van der Waals surface area contributed by atoms with E-state index >= 15 is 0 Å². The van der Waals surface area contributed by atoms with Crippen molar-refractivity contribution in [3.05, 3.63) is 0 Å². The maximum absolute atomic E-state index is 12.7. The number of urea groups is 1. The average Bonchev–Trinajstić information content (AvgIpc) is 2.66. The van der Waals surface area contributed by atoms with Crippen molar-refractivity contribution in [3.8, 4) is 0 Å². The Kier molecular flexibility index (Phi) is 5.02. The molecule has 6 fully saturated rings. The number of ether oxygens (including phenoxy) is 1. The number of carbonyl (C=O) groups excluding carboxylic acids is 2. The summed E-state index contributed by atoms with van der Waals surface area (Å²) >= 11 is 0. The van der Waals surface area contributed by atoms with Crippen LogP contribution >= 0.6 is 0 Å². The summed E-state index contributed by atoms with van der Waals surface area (Å²) in [5.74, 6) is 2.61. The van der Waals surface area contributed by atoms with E-state index in [-0.39, 0.29) is 29.6 Å². The van der Waals surface area contributed by atoms with Crippen molar-refractivity contribution >= 4 is 11.9 Å². The van der Waals surface area contributed by atoms with Gasteiger partial charge < -0.3 is 20.3 Å². The van der Waals surface area contributed by atoms with Crippen molar-refractivity contribution in [3.63, 3.8) is 0 Å². The molecule has 1 heterocycles. The Morgan fingerprint density at radius 2 is 1.68 bits per heavy atom. The first-order chi connectivity index (χ1) is 13.6. The Balaban J connectivity index is 1.09. The lowest BCUT2D eigenvalue weighted by molar-refractivity contribution is -0.149. The largest absolute Gasteiger partial charge is 0.374 e. The first-order valence-corrected chi connectivity index (χ1v) is 11.6. The lowest BCUT2D eigenvalue weighted by Crippen LogP contribution is -2.61. The highest BCUT2D eigenvalue weighted by molar-refractivity contribution is 5.79. The van der Waals surface area contributed by atoms with Gasteiger partial charge in [-0.05, 0) is 69.1 Å². The Bertz CT molecular complexity index is 585. The fourth-order valence-electron chi connectivity index (χ4n) is 7.38. The van der Waals surface area contributed by atoms with Gasteiger partial charge in [0.25, 0.3) is 0 Å². The molecule has 1 saturated heterocycles. The second-order valence-electron chi connectivity index (χ2n) is 10.2. The molecule has 1 aliphatic heterocycles. The summed E-state index contributed by atoms with van der Waals surface area (Å²) in [6.45, 7) is 1.76. The van der Waals surface area contributed by atoms with Gasteiger partial charge in [0.2, 0.25) is 5.91 Å². The molecule has 0 spiro atoms. The van der Waals surface area contributed by atoms with Crippen LogP contribution in [0.1, 0.15) is 70.6 Å². The van der Waals surface area contributed by atoms with Gasteiger partial charge in [0.1, 0.15) is 0 Å². The van der Waals surface area contributed by atoms with Gasteiger partial charge in [-0.3, -0.25) is 4.79 Å². The molecule has 6 heteroatoms. The summed E-state index contributed by atoms with van der Waals surface area (Å²) in [5.41, 5.74) is 0.0301. The quantitative estimate of drug-likeness (QED) is 0.777. The Hall–Kier alpha value is -1.30. The molecule has 2 unspecified atom stereocenters. The molecule has 5 saturated carbocycles. The van der Waals surface area contributed by atoms with Gasteiger partial charge in [-0.2, -0.15) is 0 Å². The van der Waals surface area contributed by atoms with E-state index in [1.807, 2.05) is 4.90 Å². The fourth-order valence-corrected chi connectivity index (χ4v) is 7.38. The van der Waals surface area contributed by atoms with Gasteiger partial charge in [-0.25, -0.2) is 4.79 Å². The van der Waals surface area contributed by atoms with Gasteiger partial charge in [0.05, 0.1) is 18.8 Å². The smallest absolute Gasteiger partial charge is 0.315 e. The topological polar surface area (TPSA) is 70.7 Å². The van der Waals surface area contributed by atoms with E-state index in [9.17, 15) is 9.59 Å². The van der Waals surface area contributed by atoms with E-state index < -0.39 is 0 Å². The summed E-state index contributed by atoms with van der Waals surface area (Å²) in [6.07, 6.45) is 12.7. The third kappa shape index (κ3) is 3.64. The van der Waals surface area contributed by atoms with Crippen molar-refractivity contribution < 1.29 is 14.3 Å². The standard InChI is InChI=1S/C22H35N3O3/c26-20(25-7-8-28-19-4-2-1-3-18(19)25)5-6-23-21(27)24-22-12-15-9-16(13-22)11-17(10-15)14-22/h15-19H,1-14H2,(H2,23,24,27). The number of rotatable bonds is 4. The minimum atomic E-state index is -0.0766. The highest BCUT2D eigenvalue weighted by atomic mass is 16.5. The van der Waals surface area contributed by atoms with Gasteiger partial charge in [-0.1, -0.05) is 12.8 Å². The molecule has 156 valence electrons. The van der Waals surface area contributed by atoms with E-state index in [2.05, 4.69) is 10.6 Å². The van der Waals surface area contributed by atoms with Crippen molar-refractivity contribution in [1.29, 1.82) is 0 Å². The van der Waals surface area contributed by atoms with Crippen LogP contribution in [0.5, 0.6) is 0 Å². The Labute approximate surface area is 168 Å². The number of nitrogens with one attached hydrogen (secondary N) is 2. The number of hydrogen-bond acceptors (Lipinski definition) is 3.